The van der Waals surface area contributed by atoms with Crippen LogP contribution < -0.4 is 10.6 Å². The number of nitrogens with zero attached hydrogens (tertiary/aromatic N) is 2. The van der Waals surface area contributed by atoms with Crippen molar-refractivity contribution in [3.8, 4) is 0 Å². The maximum atomic E-state index is 7.40. The van der Waals surface area contributed by atoms with Gasteiger partial charge in [-0.2, -0.15) is 0 Å². The average molecular weight is 354 g/mol. The average Bonchev–Trinajstić information content (AvgIpc) is 2.42. The van der Waals surface area contributed by atoms with Gasteiger partial charge in [0.25, 0.3) is 0 Å². The van der Waals surface area contributed by atoms with Gasteiger partial charge >= 0.3 is 0 Å². The topological polar surface area (TPSA) is 66.0 Å². The number of rotatable bonds is 5. The third-order valence-electron chi connectivity index (χ3n) is 2.72. The summed E-state index contributed by atoms with van der Waals surface area (Å²) in [6, 6.07) is 11.6. The predicted octanol–water partition coefficient (Wildman–Crippen LogP) is 3.96. The van der Waals surface area contributed by atoms with Crippen LogP contribution in [-0.2, 0) is 0 Å². The van der Waals surface area contributed by atoms with E-state index in [1.807, 2.05) is 35.2 Å². The number of aromatic nitrogens is 1. The second-order valence-corrected chi connectivity index (χ2v) is 5.51. The van der Waals surface area contributed by atoms with E-state index in [1.54, 1.807) is 12.3 Å². The first-order valence-corrected chi connectivity index (χ1v) is 7.21. The molecule has 2 aromatic rings. The Labute approximate surface area is 131 Å². The Hall–Kier alpha value is -1.59. The molecule has 0 aliphatic heterocycles. The summed E-state index contributed by atoms with van der Waals surface area (Å²) in [6.07, 6.45) is 2.07. The number of amidine groups is 1. The van der Waals surface area contributed by atoms with Gasteiger partial charge in [0.15, 0.2) is 0 Å². The summed E-state index contributed by atoms with van der Waals surface area (Å²) in [6.45, 7) is 0.576. The van der Waals surface area contributed by atoms with Crippen molar-refractivity contribution in [2.45, 2.75) is 6.42 Å². The van der Waals surface area contributed by atoms with Gasteiger partial charge in [0.2, 0.25) is 0 Å². The molecule has 0 spiro atoms. The third kappa shape index (κ3) is 3.71. The summed E-state index contributed by atoms with van der Waals surface area (Å²) < 4.78 is 0.803. The zero-order chi connectivity index (χ0) is 14.5. The molecule has 20 heavy (non-hydrogen) atoms. The highest BCUT2D eigenvalue weighted by atomic mass is 79.9. The van der Waals surface area contributed by atoms with Crippen LogP contribution in [0.3, 0.4) is 0 Å². The van der Waals surface area contributed by atoms with Gasteiger partial charge in [-0.1, -0.05) is 29.8 Å². The zero-order valence-electron chi connectivity index (χ0n) is 10.7. The number of nitrogens with two attached hydrogens (primary N) is 1. The van der Waals surface area contributed by atoms with E-state index < -0.39 is 0 Å². The first kappa shape index (κ1) is 14.8. The molecule has 0 unspecified atom stereocenters. The maximum absolute atomic E-state index is 7.40. The second-order valence-electron chi connectivity index (χ2n) is 4.22. The fourth-order valence-corrected chi connectivity index (χ4v) is 2.66. The van der Waals surface area contributed by atoms with Gasteiger partial charge in [0, 0.05) is 24.8 Å². The molecule has 104 valence electrons. The molecule has 1 aromatic heterocycles. The van der Waals surface area contributed by atoms with Crippen LogP contribution in [0.15, 0.2) is 47.1 Å². The predicted molar refractivity (Wildman–Crippen MR) is 86.9 cm³/mol. The van der Waals surface area contributed by atoms with Gasteiger partial charge in [-0.3, -0.25) is 5.41 Å². The van der Waals surface area contributed by atoms with Crippen molar-refractivity contribution < 1.29 is 0 Å². The molecule has 6 heteroatoms. The first-order valence-electron chi connectivity index (χ1n) is 6.04. The Morgan fingerprint density at radius 1 is 1.35 bits per heavy atom. The summed E-state index contributed by atoms with van der Waals surface area (Å²) in [5.41, 5.74) is 6.45. The molecule has 0 saturated heterocycles. The van der Waals surface area contributed by atoms with E-state index in [-0.39, 0.29) is 5.84 Å². The molecule has 4 nitrogen and oxygen atoms in total. The van der Waals surface area contributed by atoms with Crippen molar-refractivity contribution in [1.82, 2.24) is 4.98 Å². The van der Waals surface area contributed by atoms with Gasteiger partial charge in [-0.05, 0) is 34.1 Å². The van der Waals surface area contributed by atoms with Gasteiger partial charge in [-0.15, -0.1) is 0 Å². The van der Waals surface area contributed by atoms with E-state index in [1.165, 1.54) is 0 Å². The summed E-state index contributed by atoms with van der Waals surface area (Å²) in [5, 5.41) is 7.97. The summed E-state index contributed by atoms with van der Waals surface area (Å²) in [7, 11) is 0. The number of benzene rings is 1. The highest BCUT2D eigenvalue weighted by molar-refractivity contribution is 9.10. The number of hydrogen-bond donors (Lipinski definition) is 2. The molecule has 2 rings (SSSR count). The van der Waals surface area contributed by atoms with Crippen molar-refractivity contribution in [1.29, 1.82) is 5.41 Å². The molecular weight excluding hydrogens is 340 g/mol. The number of halogens is 2. The minimum Gasteiger partial charge on any atom is -0.388 e. The fourth-order valence-electron chi connectivity index (χ4n) is 1.80. The van der Waals surface area contributed by atoms with Crippen LogP contribution in [0.2, 0.25) is 5.02 Å². The van der Waals surface area contributed by atoms with Crippen LogP contribution in [0, 0.1) is 5.41 Å². The van der Waals surface area contributed by atoms with E-state index in [0.29, 0.717) is 18.0 Å². The van der Waals surface area contributed by atoms with E-state index in [4.69, 9.17) is 22.7 Å². The van der Waals surface area contributed by atoms with Crippen molar-refractivity contribution in [2.24, 2.45) is 5.73 Å². The standard InChI is InChI=1S/C14H14BrClN4/c15-12-8-10(16)9-19-14(12)20(7-6-13(17)18)11-4-2-1-3-5-11/h1-5,8-9H,6-7H2,(H3,17,18). The molecule has 0 saturated carbocycles. The number of nitrogens with one attached hydrogen (secondary N) is 1. The van der Waals surface area contributed by atoms with E-state index in [9.17, 15) is 0 Å². The van der Waals surface area contributed by atoms with Gasteiger partial charge in [-0.25, -0.2) is 4.98 Å². The molecule has 0 aliphatic carbocycles. The van der Waals surface area contributed by atoms with Gasteiger partial charge < -0.3 is 10.6 Å². The van der Waals surface area contributed by atoms with E-state index in [2.05, 4.69) is 20.9 Å². The van der Waals surface area contributed by atoms with Crippen LogP contribution in [0.5, 0.6) is 0 Å². The SMILES string of the molecule is N=C(N)CCN(c1ccccc1)c1ncc(Cl)cc1Br. The molecule has 3 N–H and O–H groups in total. The van der Waals surface area contributed by atoms with Crippen molar-refractivity contribution >= 4 is 44.9 Å². The molecule has 0 atom stereocenters. The summed E-state index contributed by atoms with van der Waals surface area (Å²) in [4.78, 5) is 6.37. The van der Waals surface area contributed by atoms with E-state index in [0.717, 1.165) is 16.0 Å². The summed E-state index contributed by atoms with van der Waals surface area (Å²) >= 11 is 9.41. The lowest BCUT2D eigenvalue weighted by Crippen LogP contribution is -2.24. The second kappa shape index (κ2) is 6.72. The lowest BCUT2D eigenvalue weighted by atomic mass is 10.2. The van der Waals surface area contributed by atoms with Gasteiger partial charge in [0.1, 0.15) is 5.82 Å². The largest absolute Gasteiger partial charge is 0.388 e. The van der Waals surface area contributed by atoms with Crippen LogP contribution in [0.25, 0.3) is 0 Å². The van der Waals surface area contributed by atoms with Crippen LogP contribution >= 0.6 is 27.5 Å². The molecule has 0 fully saturated rings. The molecule has 0 radical (unpaired) electrons. The first-order chi connectivity index (χ1) is 9.58. The van der Waals surface area contributed by atoms with Crippen molar-refractivity contribution in [2.75, 3.05) is 11.4 Å². The smallest absolute Gasteiger partial charge is 0.147 e. The van der Waals surface area contributed by atoms with Crippen LogP contribution in [0.1, 0.15) is 6.42 Å². The summed E-state index contributed by atoms with van der Waals surface area (Å²) in [5.74, 6) is 0.901. The minimum atomic E-state index is 0.149. The monoisotopic (exact) mass is 352 g/mol. The quantitative estimate of drug-likeness (QED) is 0.631. The fraction of sp³-hybridized carbons (Fsp3) is 0.143. The molecule has 0 bridgehead atoms. The maximum Gasteiger partial charge on any atom is 0.147 e. The van der Waals surface area contributed by atoms with Crippen LogP contribution in [-0.4, -0.2) is 17.4 Å². The van der Waals surface area contributed by atoms with E-state index >= 15 is 0 Å². The van der Waals surface area contributed by atoms with Gasteiger partial charge in [0.05, 0.1) is 15.3 Å². The minimum absolute atomic E-state index is 0.149. The molecule has 1 heterocycles. The molecule has 1 aromatic carbocycles. The van der Waals surface area contributed by atoms with Crippen molar-refractivity contribution in [3.63, 3.8) is 0 Å². The molecule has 0 aliphatic rings. The highest BCUT2D eigenvalue weighted by Crippen LogP contribution is 2.31. The van der Waals surface area contributed by atoms with Crippen LogP contribution in [0.4, 0.5) is 11.5 Å². The third-order valence-corrected chi connectivity index (χ3v) is 3.51. The number of para-hydroxylation sites is 1. The number of pyridine rings is 1. The lowest BCUT2D eigenvalue weighted by molar-refractivity contribution is 0.929. The Morgan fingerprint density at radius 2 is 2.05 bits per heavy atom. The lowest BCUT2D eigenvalue weighted by Gasteiger charge is -2.24. The Morgan fingerprint density at radius 3 is 2.65 bits per heavy atom. The number of anilines is 2. The Balaban J connectivity index is 2.37. The molecule has 0 amide bonds. The van der Waals surface area contributed by atoms with Crippen molar-refractivity contribution in [3.05, 3.63) is 52.1 Å². The Bertz CT molecular complexity index is 603. The zero-order valence-corrected chi connectivity index (χ0v) is 13.0. The normalized spacial score (nSPS) is 10.3. The molecular formula is C14H14BrClN4. The Kier molecular flexibility index (Phi) is 4.98. The number of hydrogen-bond acceptors (Lipinski definition) is 3. The highest BCUT2D eigenvalue weighted by Gasteiger charge is 2.14.